The Morgan fingerprint density at radius 1 is 1.14 bits per heavy atom. The summed E-state index contributed by atoms with van der Waals surface area (Å²) < 4.78 is 6.10. The highest BCUT2D eigenvalue weighted by Crippen LogP contribution is 2.24. The average Bonchev–Trinajstić information content (AvgIpc) is 2.80. The van der Waals surface area contributed by atoms with Gasteiger partial charge in [-0.2, -0.15) is 0 Å². The molecule has 4 heteroatoms. The number of nitrogens with one attached hydrogen (secondary N) is 1. The van der Waals surface area contributed by atoms with Crippen LogP contribution in [0.3, 0.4) is 0 Å². The minimum absolute atomic E-state index is 0.379. The quantitative estimate of drug-likeness (QED) is 0.510. The third-order valence-corrected chi connectivity index (χ3v) is 4.22. The molecule has 1 aliphatic rings. The van der Waals surface area contributed by atoms with Gasteiger partial charge in [-0.1, -0.05) is 43.9 Å². The van der Waals surface area contributed by atoms with Gasteiger partial charge in [-0.05, 0) is 25.0 Å². The second kappa shape index (κ2) is 6.87. The molecule has 0 amide bonds. The lowest BCUT2D eigenvalue weighted by molar-refractivity contribution is 0.0312. The number of nitrogens with zero attached hydrogens (tertiary/aromatic N) is 1. The predicted molar refractivity (Wildman–Crippen MR) is 85.8 cm³/mol. The normalized spacial score (nSPS) is 16.8. The van der Waals surface area contributed by atoms with Crippen molar-refractivity contribution in [1.29, 1.82) is 0 Å². The number of pyridine rings is 1. The summed E-state index contributed by atoms with van der Waals surface area (Å²) in [7, 11) is 0. The number of benzene rings is 1. The number of anilines is 1. The maximum Gasteiger partial charge on any atom is 0.146 e. The zero-order valence-electron chi connectivity index (χ0n) is 12.3. The number of para-hydroxylation sites is 1. The van der Waals surface area contributed by atoms with Crippen LogP contribution in [-0.2, 0) is 11.3 Å². The van der Waals surface area contributed by atoms with Crippen LogP contribution in [0, 0.1) is 0 Å². The number of hydrogen-bond donors (Lipinski definition) is 2. The van der Waals surface area contributed by atoms with Gasteiger partial charge in [0.2, 0.25) is 0 Å². The molecule has 0 bridgehead atoms. The van der Waals surface area contributed by atoms with Gasteiger partial charge >= 0.3 is 0 Å². The average molecular weight is 285 g/mol. The highest BCUT2D eigenvalue weighted by atomic mass is 16.5. The molecule has 1 saturated carbocycles. The lowest BCUT2D eigenvalue weighted by Gasteiger charge is -2.17. The molecule has 3 rings (SSSR count). The van der Waals surface area contributed by atoms with Crippen LogP contribution in [0.2, 0.25) is 0 Å². The monoisotopic (exact) mass is 285 g/mol. The minimum atomic E-state index is 0.379. The van der Waals surface area contributed by atoms with Gasteiger partial charge in [0.25, 0.3) is 0 Å². The summed E-state index contributed by atoms with van der Waals surface area (Å²) >= 11 is 0. The number of aromatic nitrogens is 1. The first-order chi connectivity index (χ1) is 10.4. The van der Waals surface area contributed by atoms with Gasteiger partial charge < -0.3 is 10.2 Å². The van der Waals surface area contributed by atoms with Crippen molar-refractivity contribution in [3.05, 3.63) is 35.9 Å². The fourth-order valence-electron chi connectivity index (χ4n) is 3.01. The second-order valence-electron chi connectivity index (χ2n) is 5.76. The predicted octanol–water partition coefficient (Wildman–Crippen LogP) is 3.76. The van der Waals surface area contributed by atoms with Crippen molar-refractivity contribution in [2.45, 2.75) is 51.2 Å². The van der Waals surface area contributed by atoms with E-state index < -0.39 is 0 Å². The lowest BCUT2D eigenvalue weighted by atomic mass is 10.1. The Kier molecular flexibility index (Phi) is 4.68. The molecule has 21 heavy (non-hydrogen) atoms. The minimum Gasteiger partial charge on any atom is -0.373 e. The molecule has 1 aromatic heterocycles. The lowest BCUT2D eigenvalue weighted by Crippen LogP contribution is -2.15. The fraction of sp³-hybridized carbons (Fsp3) is 0.471. The van der Waals surface area contributed by atoms with Crippen molar-refractivity contribution in [2.75, 3.05) is 5.43 Å². The summed E-state index contributed by atoms with van der Waals surface area (Å²) in [4.78, 5) is 4.56. The molecule has 0 radical (unpaired) electrons. The number of fused-ring (bicyclic) bond motifs is 1. The molecule has 1 fully saturated rings. The van der Waals surface area contributed by atoms with Crippen molar-refractivity contribution in [3.8, 4) is 0 Å². The second-order valence-corrected chi connectivity index (χ2v) is 5.76. The largest absolute Gasteiger partial charge is 0.373 e. The first-order valence-electron chi connectivity index (χ1n) is 7.84. The van der Waals surface area contributed by atoms with Crippen LogP contribution in [0.25, 0.3) is 10.9 Å². The number of rotatable bonds is 4. The van der Waals surface area contributed by atoms with Gasteiger partial charge in [-0.25, -0.2) is 10.8 Å². The summed E-state index contributed by atoms with van der Waals surface area (Å²) in [5.74, 6) is 6.32. The molecule has 1 heterocycles. The molecule has 0 saturated heterocycles. The van der Waals surface area contributed by atoms with E-state index in [-0.39, 0.29) is 0 Å². The molecule has 0 spiro atoms. The third kappa shape index (κ3) is 3.52. The number of nitrogen functional groups attached to an aromatic ring is 1. The standard InChI is InChI=1S/C17H23N3O/c18-20-17-14(11-13-7-5-6-10-16(13)19-17)12-21-15-8-3-1-2-4-9-15/h5-7,10-11,15H,1-4,8-9,12,18H2,(H,19,20). The van der Waals surface area contributed by atoms with E-state index in [1.807, 2.05) is 18.2 Å². The van der Waals surface area contributed by atoms with Gasteiger partial charge in [0.05, 0.1) is 18.2 Å². The highest BCUT2D eigenvalue weighted by molar-refractivity contribution is 5.81. The van der Waals surface area contributed by atoms with E-state index in [1.165, 1.54) is 38.5 Å². The third-order valence-electron chi connectivity index (χ3n) is 4.22. The summed E-state index contributed by atoms with van der Waals surface area (Å²) in [6, 6.07) is 10.2. The van der Waals surface area contributed by atoms with Crippen LogP contribution in [0.4, 0.5) is 5.82 Å². The Hall–Kier alpha value is -1.65. The summed E-state index contributed by atoms with van der Waals surface area (Å²) in [6.45, 7) is 0.571. The van der Waals surface area contributed by atoms with Gasteiger partial charge in [0, 0.05) is 10.9 Å². The van der Waals surface area contributed by atoms with Crippen molar-refractivity contribution in [3.63, 3.8) is 0 Å². The Morgan fingerprint density at radius 2 is 1.90 bits per heavy atom. The van der Waals surface area contributed by atoms with Crippen LogP contribution < -0.4 is 11.3 Å². The SMILES string of the molecule is NNc1nc2ccccc2cc1COC1CCCCCC1. The van der Waals surface area contributed by atoms with Crippen molar-refractivity contribution in [2.24, 2.45) is 5.84 Å². The zero-order valence-corrected chi connectivity index (χ0v) is 12.3. The maximum absolute atomic E-state index is 6.10. The van der Waals surface area contributed by atoms with Crippen LogP contribution in [0.15, 0.2) is 30.3 Å². The van der Waals surface area contributed by atoms with Crippen molar-refractivity contribution < 1.29 is 4.74 Å². The van der Waals surface area contributed by atoms with Crippen LogP contribution in [0.1, 0.15) is 44.1 Å². The van der Waals surface area contributed by atoms with E-state index in [9.17, 15) is 0 Å². The first kappa shape index (κ1) is 14.3. The Bertz CT molecular complexity index is 592. The molecule has 2 aromatic rings. The van der Waals surface area contributed by atoms with E-state index in [0.717, 1.165) is 16.5 Å². The van der Waals surface area contributed by atoms with Gasteiger partial charge in [0.15, 0.2) is 0 Å². The van der Waals surface area contributed by atoms with Crippen molar-refractivity contribution in [1.82, 2.24) is 4.98 Å². The van der Waals surface area contributed by atoms with Gasteiger partial charge in [0.1, 0.15) is 5.82 Å². The molecule has 0 aliphatic heterocycles. The van der Waals surface area contributed by atoms with Crippen LogP contribution >= 0.6 is 0 Å². The summed E-state index contributed by atoms with van der Waals surface area (Å²) in [6.07, 6.45) is 7.97. The van der Waals surface area contributed by atoms with E-state index in [2.05, 4.69) is 22.5 Å². The molecule has 1 aliphatic carbocycles. The van der Waals surface area contributed by atoms with Crippen LogP contribution in [-0.4, -0.2) is 11.1 Å². The molecule has 0 atom stereocenters. The van der Waals surface area contributed by atoms with E-state index in [4.69, 9.17) is 10.6 Å². The van der Waals surface area contributed by atoms with Crippen molar-refractivity contribution >= 4 is 16.7 Å². The van der Waals surface area contributed by atoms with Gasteiger partial charge in [-0.15, -0.1) is 0 Å². The zero-order chi connectivity index (χ0) is 14.5. The number of nitrogens with two attached hydrogens (primary N) is 1. The fourth-order valence-corrected chi connectivity index (χ4v) is 3.01. The number of ether oxygens (including phenoxy) is 1. The highest BCUT2D eigenvalue weighted by Gasteiger charge is 2.14. The van der Waals surface area contributed by atoms with E-state index in [1.54, 1.807) is 0 Å². The smallest absolute Gasteiger partial charge is 0.146 e. The number of hydrogen-bond acceptors (Lipinski definition) is 4. The molecular formula is C17H23N3O. The molecule has 3 N–H and O–H groups in total. The Balaban J connectivity index is 1.75. The summed E-state index contributed by atoms with van der Waals surface area (Å²) in [5, 5.41) is 1.12. The topological polar surface area (TPSA) is 60.2 Å². The number of hydrazine groups is 1. The molecular weight excluding hydrogens is 262 g/mol. The molecule has 0 unspecified atom stereocenters. The van der Waals surface area contributed by atoms with E-state index in [0.29, 0.717) is 18.5 Å². The molecule has 1 aromatic carbocycles. The Labute approximate surface area is 125 Å². The first-order valence-corrected chi connectivity index (χ1v) is 7.84. The molecule has 4 nitrogen and oxygen atoms in total. The Morgan fingerprint density at radius 3 is 2.67 bits per heavy atom. The molecule has 112 valence electrons. The van der Waals surface area contributed by atoms with Crippen LogP contribution in [0.5, 0.6) is 0 Å². The maximum atomic E-state index is 6.10. The summed E-state index contributed by atoms with van der Waals surface area (Å²) in [5.41, 5.74) is 4.67. The van der Waals surface area contributed by atoms with Gasteiger partial charge in [-0.3, -0.25) is 0 Å². The van der Waals surface area contributed by atoms with E-state index >= 15 is 0 Å².